The minimum absolute atomic E-state index is 0.106. The SMILES string of the molecule is C[C@H](C(=O)N1CCc2ccccc2C1)N1CCN(c2ccc([N+](=O)[O-])cc2)CC1. The van der Waals surface area contributed by atoms with Crippen molar-refractivity contribution < 1.29 is 9.72 Å². The van der Waals surface area contributed by atoms with Crippen molar-refractivity contribution in [3.05, 3.63) is 69.8 Å². The van der Waals surface area contributed by atoms with Crippen molar-refractivity contribution in [1.29, 1.82) is 0 Å². The van der Waals surface area contributed by atoms with E-state index in [2.05, 4.69) is 28.0 Å². The number of fused-ring (bicyclic) bond motifs is 1. The molecule has 1 saturated heterocycles. The zero-order valence-corrected chi connectivity index (χ0v) is 16.7. The van der Waals surface area contributed by atoms with Crippen LogP contribution in [0, 0.1) is 10.1 Å². The average molecular weight is 394 g/mol. The van der Waals surface area contributed by atoms with E-state index in [0.29, 0.717) is 6.54 Å². The van der Waals surface area contributed by atoms with Gasteiger partial charge in [-0.1, -0.05) is 24.3 Å². The van der Waals surface area contributed by atoms with Crippen molar-refractivity contribution in [3.63, 3.8) is 0 Å². The molecule has 0 aliphatic carbocycles. The molecule has 1 amide bonds. The fourth-order valence-electron chi connectivity index (χ4n) is 4.26. The normalized spacial score (nSPS) is 18.2. The van der Waals surface area contributed by atoms with E-state index in [1.54, 1.807) is 24.3 Å². The van der Waals surface area contributed by atoms with Gasteiger partial charge >= 0.3 is 0 Å². The monoisotopic (exact) mass is 394 g/mol. The molecular weight excluding hydrogens is 368 g/mol. The first-order chi connectivity index (χ1) is 14.0. The molecule has 1 atom stereocenters. The summed E-state index contributed by atoms with van der Waals surface area (Å²) in [5.74, 6) is 0.197. The smallest absolute Gasteiger partial charge is 0.269 e. The average Bonchev–Trinajstić information content (AvgIpc) is 2.78. The molecule has 0 radical (unpaired) electrons. The Kier molecular flexibility index (Phi) is 5.49. The molecule has 2 heterocycles. The van der Waals surface area contributed by atoms with Crippen LogP contribution in [0.1, 0.15) is 18.1 Å². The number of carbonyl (C=O) groups excluding carboxylic acids is 1. The summed E-state index contributed by atoms with van der Waals surface area (Å²) in [6.07, 6.45) is 0.919. The Morgan fingerprint density at radius 3 is 2.28 bits per heavy atom. The van der Waals surface area contributed by atoms with Gasteiger partial charge in [-0.25, -0.2) is 0 Å². The van der Waals surface area contributed by atoms with E-state index in [4.69, 9.17) is 0 Å². The number of nitro groups is 1. The van der Waals surface area contributed by atoms with Crippen molar-refractivity contribution >= 4 is 17.3 Å². The highest BCUT2D eigenvalue weighted by Crippen LogP contribution is 2.23. The number of rotatable bonds is 4. The van der Waals surface area contributed by atoms with Gasteiger partial charge in [0.05, 0.1) is 11.0 Å². The molecule has 152 valence electrons. The van der Waals surface area contributed by atoms with Gasteiger partial charge in [-0.15, -0.1) is 0 Å². The molecule has 2 aromatic rings. The van der Waals surface area contributed by atoms with Crippen molar-refractivity contribution in [2.45, 2.75) is 25.9 Å². The number of nitrogens with zero attached hydrogens (tertiary/aromatic N) is 4. The van der Waals surface area contributed by atoms with Gasteiger partial charge in [0.2, 0.25) is 5.91 Å². The molecule has 0 bridgehead atoms. The van der Waals surface area contributed by atoms with Crippen LogP contribution in [0.5, 0.6) is 0 Å². The maximum absolute atomic E-state index is 13.1. The summed E-state index contributed by atoms with van der Waals surface area (Å²) in [6, 6.07) is 14.9. The van der Waals surface area contributed by atoms with E-state index >= 15 is 0 Å². The highest BCUT2D eigenvalue weighted by molar-refractivity contribution is 5.81. The molecule has 7 heteroatoms. The molecule has 2 aliphatic heterocycles. The number of carbonyl (C=O) groups is 1. The van der Waals surface area contributed by atoms with Crippen LogP contribution >= 0.6 is 0 Å². The van der Waals surface area contributed by atoms with Crippen LogP contribution in [0.15, 0.2) is 48.5 Å². The first kappa shape index (κ1) is 19.4. The van der Waals surface area contributed by atoms with E-state index in [1.165, 1.54) is 11.1 Å². The number of anilines is 1. The number of piperazine rings is 1. The summed E-state index contributed by atoms with van der Waals surface area (Å²) in [7, 11) is 0. The second-order valence-corrected chi connectivity index (χ2v) is 7.75. The van der Waals surface area contributed by atoms with Gasteiger partial charge < -0.3 is 9.80 Å². The number of benzene rings is 2. The van der Waals surface area contributed by atoms with Gasteiger partial charge in [0, 0.05) is 57.1 Å². The van der Waals surface area contributed by atoms with Crippen LogP contribution in [-0.2, 0) is 17.8 Å². The number of amides is 1. The van der Waals surface area contributed by atoms with Crippen molar-refractivity contribution in [3.8, 4) is 0 Å². The zero-order chi connectivity index (χ0) is 20.4. The molecule has 7 nitrogen and oxygen atoms in total. The lowest BCUT2D eigenvalue weighted by Gasteiger charge is -2.40. The quantitative estimate of drug-likeness (QED) is 0.589. The van der Waals surface area contributed by atoms with Crippen LogP contribution in [0.25, 0.3) is 0 Å². The Morgan fingerprint density at radius 1 is 0.966 bits per heavy atom. The molecular formula is C22H26N4O3. The van der Waals surface area contributed by atoms with Crippen LogP contribution in [0.2, 0.25) is 0 Å². The molecule has 2 aliphatic rings. The predicted molar refractivity (Wildman–Crippen MR) is 112 cm³/mol. The van der Waals surface area contributed by atoms with E-state index in [9.17, 15) is 14.9 Å². The predicted octanol–water partition coefficient (Wildman–Crippen LogP) is 2.69. The van der Waals surface area contributed by atoms with Crippen LogP contribution in [-0.4, -0.2) is 59.4 Å². The fourth-order valence-corrected chi connectivity index (χ4v) is 4.26. The Labute approximate surface area is 170 Å². The number of nitro benzene ring substituents is 1. The number of hydrogen-bond donors (Lipinski definition) is 0. The second kappa shape index (κ2) is 8.21. The lowest BCUT2D eigenvalue weighted by molar-refractivity contribution is -0.384. The summed E-state index contributed by atoms with van der Waals surface area (Å²) < 4.78 is 0. The first-order valence-electron chi connectivity index (χ1n) is 10.1. The molecule has 4 rings (SSSR count). The summed E-state index contributed by atoms with van der Waals surface area (Å²) in [5, 5.41) is 10.8. The third-order valence-electron chi connectivity index (χ3n) is 6.09. The van der Waals surface area contributed by atoms with Crippen LogP contribution < -0.4 is 4.90 Å². The molecule has 0 spiro atoms. The molecule has 0 unspecified atom stereocenters. The Morgan fingerprint density at radius 2 is 1.62 bits per heavy atom. The number of hydrogen-bond acceptors (Lipinski definition) is 5. The van der Waals surface area contributed by atoms with E-state index in [-0.39, 0.29) is 22.6 Å². The zero-order valence-electron chi connectivity index (χ0n) is 16.7. The summed E-state index contributed by atoms with van der Waals surface area (Å²) >= 11 is 0. The summed E-state index contributed by atoms with van der Waals surface area (Å²) in [6.45, 7) is 6.69. The molecule has 0 N–H and O–H groups in total. The van der Waals surface area contributed by atoms with Gasteiger partial charge in [-0.05, 0) is 36.6 Å². The summed E-state index contributed by atoms with van der Waals surface area (Å²) in [4.78, 5) is 29.9. The highest BCUT2D eigenvalue weighted by atomic mass is 16.6. The fraction of sp³-hybridized carbons (Fsp3) is 0.409. The first-order valence-corrected chi connectivity index (χ1v) is 10.1. The molecule has 2 aromatic carbocycles. The largest absolute Gasteiger partial charge is 0.369 e. The molecule has 0 aromatic heterocycles. The van der Waals surface area contributed by atoms with Crippen molar-refractivity contribution in [2.24, 2.45) is 0 Å². The van der Waals surface area contributed by atoms with E-state index < -0.39 is 0 Å². The van der Waals surface area contributed by atoms with Gasteiger partial charge in [-0.2, -0.15) is 0 Å². The van der Waals surface area contributed by atoms with Crippen LogP contribution in [0.3, 0.4) is 0 Å². The van der Waals surface area contributed by atoms with E-state index in [0.717, 1.165) is 44.8 Å². The standard InChI is InChI=1S/C22H26N4O3/c1-17(22(27)25-11-10-18-4-2-3-5-19(18)16-25)23-12-14-24(15-13-23)20-6-8-21(9-7-20)26(28)29/h2-9,17H,10-16H2,1H3/t17-/m1/s1. The summed E-state index contributed by atoms with van der Waals surface area (Å²) in [5.41, 5.74) is 3.69. The van der Waals surface area contributed by atoms with Gasteiger partial charge in [0.1, 0.15) is 0 Å². The minimum Gasteiger partial charge on any atom is -0.369 e. The second-order valence-electron chi connectivity index (χ2n) is 7.75. The Hall–Kier alpha value is -2.93. The van der Waals surface area contributed by atoms with Crippen molar-refractivity contribution in [1.82, 2.24) is 9.80 Å². The topological polar surface area (TPSA) is 69.9 Å². The lowest BCUT2D eigenvalue weighted by Crippen LogP contribution is -2.55. The Balaban J connectivity index is 1.33. The molecule has 1 fully saturated rings. The van der Waals surface area contributed by atoms with Crippen molar-refractivity contribution in [2.75, 3.05) is 37.6 Å². The van der Waals surface area contributed by atoms with E-state index in [1.807, 2.05) is 17.9 Å². The lowest BCUT2D eigenvalue weighted by atomic mass is 9.99. The third kappa shape index (κ3) is 4.10. The maximum Gasteiger partial charge on any atom is 0.269 e. The van der Waals surface area contributed by atoms with Crippen LogP contribution in [0.4, 0.5) is 11.4 Å². The Bertz CT molecular complexity index is 891. The number of non-ortho nitro benzene ring substituents is 1. The minimum atomic E-state index is -0.381. The van der Waals surface area contributed by atoms with Gasteiger partial charge in [0.25, 0.3) is 5.69 Å². The van der Waals surface area contributed by atoms with Gasteiger partial charge in [-0.3, -0.25) is 19.8 Å². The maximum atomic E-state index is 13.1. The van der Waals surface area contributed by atoms with Gasteiger partial charge in [0.15, 0.2) is 0 Å². The molecule has 0 saturated carbocycles. The third-order valence-corrected chi connectivity index (χ3v) is 6.09. The molecule has 29 heavy (non-hydrogen) atoms. The highest BCUT2D eigenvalue weighted by Gasteiger charge is 2.30.